The van der Waals surface area contributed by atoms with Crippen molar-refractivity contribution in [3.8, 4) is 11.5 Å². The number of phosphoric ester groups is 1. The van der Waals surface area contributed by atoms with Gasteiger partial charge in [0.2, 0.25) is 5.95 Å². The van der Waals surface area contributed by atoms with Crippen molar-refractivity contribution in [1.82, 2.24) is 15.0 Å². The standard InChI is InChI=1S/C24H27FN7O9P/c1-24(2)22(35)32(11-40-42(36,37)38)20-16(41-24)6-7-18(30-20)29-19-13(25)10-27-23(31-19)28-15-5-4-12(9-17(15)39-3)8-14(26)21(33)34/h4-7,9-10,14H,8,11,26H2,1-3H3,(H,33,34)(H2,36,37,38)(H2,27,28,29,30,31). The monoisotopic (exact) mass is 607 g/mol. The number of aliphatic carboxylic acids is 1. The smallest absolute Gasteiger partial charge is 0.471 e. The van der Waals surface area contributed by atoms with Gasteiger partial charge in [-0.25, -0.2) is 18.9 Å². The third-order valence-electron chi connectivity index (χ3n) is 5.85. The highest BCUT2D eigenvalue weighted by Gasteiger charge is 2.42. The maximum atomic E-state index is 14.7. The van der Waals surface area contributed by atoms with Crippen LogP contribution in [0.15, 0.2) is 36.5 Å². The number of hydrogen-bond acceptors (Lipinski definition) is 12. The van der Waals surface area contributed by atoms with Crippen LogP contribution in [0.1, 0.15) is 19.4 Å². The molecule has 1 aromatic carbocycles. The molecular weight excluding hydrogens is 580 g/mol. The van der Waals surface area contributed by atoms with Crippen LogP contribution < -0.4 is 30.7 Å². The Kier molecular flexibility index (Phi) is 8.60. The van der Waals surface area contributed by atoms with Crippen molar-refractivity contribution in [3.63, 3.8) is 0 Å². The maximum Gasteiger partial charge on any atom is 0.471 e. The van der Waals surface area contributed by atoms with Crippen LogP contribution >= 0.6 is 7.82 Å². The van der Waals surface area contributed by atoms with Crippen molar-refractivity contribution in [2.75, 3.05) is 29.4 Å². The molecule has 7 N–H and O–H groups in total. The van der Waals surface area contributed by atoms with E-state index in [1.165, 1.54) is 33.1 Å². The molecular formula is C24H27FN7O9P. The van der Waals surface area contributed by atoms with E-state index >= 15 is 0 Å². The first-order valence-corrected chi connectivity index (χ1v) is 13.6. The number of pyridine rings is 1. The van der Waals surface area contributed by atoms with Crippen molar-refractivity contribution in [2.24, 2.45) is 5.73 Å². The number of carboxylic acids is 1. The lowest BCUT2D eigenvalue weighted by atomic mass is 10.1. The van der Waals surface area contributed by atoms with E-state index in [0.717, 1.165) is 11.1 Å². The lowest BCUT2D eigenvalue weighted by Crippen LogP contribution is -2.53. The largest absolute Gasteiger partial charge is 0.495 e. The zero-order valence-corrected chi connectivity index (χ0v) is 23.3. The number of nitrogens with zero attached hydrogens (tertiary/aromatic N) is 4. The summed E-state index contributed by atoms with van der Waals surface area (Å²) in [4.78, 5) is 55.4. The fraction of sp³-hybridized carbons (Fsp3) is 0.292. The van der Waals surface area contributed by atoms with Crippen LogP contribution in [0.25, 0.3) is 0 Å². The van der Waals surface area contributed by atoms with E-state index in [2.05, 4.69) is 30.1 Å². The van der Waals surface area contributed by atoms with Gasteiger partial charge in [0.25, 0.3) is 5.91 Å². The number of carbonyl (C=O) groups excluding carboxylic acids is 1. The number of carboxylic acid groups (broad SMARTS) is 1. The van der Waals surface area contributed by atoms with E-state index in [1.54, 1.807) is 18.2 Å². The Hall–Kier alpha value is -4.41. The van der Waals surface area contributed by atoms with E-state index in [-0.39, 0.29) is 35.6 Å². The number of anilines is 5. The number of ether oxygens (including phenoxy) is 2. The van der Waals surface area contributed by atoms with Gasteiger partial charge in [-0.3, -0.25) is 19.0 Å². The number of rotatable bonds is 11. The number of nitrogens with two attached hydrogens (primary N) is 1. The summed E-state index contributed by atoms with van der Waals surface area (Å²) in [6.07, 6.45) is 0.968. The third kappa shape index (κ3) is 7.07. The summed E-state index contributed by atoms with van der Waals surface area (Å²) < 4.78 is 41.5. The average molecular weight is 607 g/mol. The molecule has 0 saturated heterocycles. The van der Waals surface area contributed by atoms with Gasteiger partial charge >= 0.3 is 13.8 Å². The molecule has 0 fully saturated rings. The van der Waals surface area contributed by atoms with E-state index in [1.807, 2.05) is 0 Å². The Balaban J connectivity index is 1.58. The summed E-state index contributed by atoms with van der Waals surface area (Å²) in [7, 11) is -3.52. The molecule has 2 aromatic heterocycles. The predicted molar refractivity (Wildman–Crippen MR) is 145 cm³/mol. The number of methoxy groups -OCH3 is 1. The lowest BCUT2D eigenvalue weighted by molar-refractivity contribution is -0.138. The minimum atomic E-state index is -4.93. The molecule has 3 aromatic rings. The Morgan fingerprint density at radius 1 is 1.24 bits per heavy atom. The normalized spacial score (nSPS) is 14.9. The molecule has 1 unspecified atom stereocenters. The highest BCUT2D eigenvalue weighted by atomic mass is 31.2. The second-order valence-electron chi connectivity index (χ2n) is 9.44. The predicted octanol–water partition coefficient (Wildman–Crippen LogP) is 2.03. The lowest BCUT2D eigenvalue weighted by Gasteiger charge is -2.37. The molecule has 224 valence electrons. The summed E-state index contributed by atoms with van der Waals surface area (Å²) in [6.45, 7) is 2.11. The molecule has 3 heterocycles. The molecule has 1 amide bonds. The molecule has 0 spiro atoms. The SMILES string of the molecule is COc1cc(CC(N)C(=O)O)ccc1Nc1ncc(F)c(Nc2ccc3c(n2)N(COP(=O)(O)O)C(=O)C(C)(C)O3)n1. The van der Waals surface area contributed by atoms with Crippen molar-refractivity contribution in [1.29, 1.82) is 0 Å². The molecule has 0 radical (unpaired) electrons. The molecule has 1 aliphatic heterocycles. The highest BCUT2D eigenvalue weighted by molar-refractivity contribution is 7.46. The molecule has 0 bridgehead atoms. The maximum absolute atomic E-state index is 14.7. The van der Waals surface area contributed by atoms with Gasteiger partial charge in [-0.15, -0.1) is 0 Å². The number of fused-ring (bicyclic) bond motifs is 1. The first kappa shape index (κ1) is 30.5. The van der Waals surface area contributed by atoms with Crippen molar-refractivity contribution in [3.05, 3.63) is 47.9 Å². The van der Waals surface area contributed by atoms with Crippen molar-refractivity contribution in [2.45, 2.75) is 31.9 Å². The van der Waals surface area contributed by atoms with Crippen LogP contribution in [-0.4, -0.2) is 67.2 Å². The number of nitrogens with one attached hydrogen (secondary N) is 2. The molecule has 42 heavy (non-hydrogen) atoms. The first-order valence-electron chi connectivity index (χ1n) is 12.1. The van der Waals surface area contributed by atoms with Crippen LogP contribution in [0.5, 0.6) is 11.5 Å². The van der Waals surface area contributed by atoms with E-state index in [0.29, 0.717) is 17.0 Å². The number of amides is 1. The number of phosphoric acid groups is 1. The van der Waals surface area contributed by atoms with Crippen LogP contribution in [0.4, 0.5) is 33.5 Å². The van der Waals surface area contributed by atoms with Gasteiger partial charge in [-0.2, -0.15) is 4.98 Å². The highest BCUT2D eigenvalue weighted by Crippen LogP contribution is 2.41. The molecule has 16 nitrogen and oxygen atoms in total. The quantitative estimate of drug-likeness (QED) is 0.171. The first-order chi connectivity index (χ1) is 19.7. The van der Waals surface area contributed by atoms with Gasteiger partial charge in [-0.05, 0) is 50.1 Å². The van der Waals surface area contributed by atoms with E-state index < -0.39 is 43.9 Å². The Labute approximate surface area is 237 Å². The molecule has 1 aliphatic rings. The summed E-state index contributed by atoms with van der Waals surface area (Å²) in [6, 6.07) is 6.59. The number of carbonyl (C=O) groups is 2. The zero-order valence-electron chi connectivity index (χ0n) is 22.4. The van der Waals surface area contributed by atoms with Gasteiger partial charge in [0.1, 0.15) is 24.3 Å². The summed E-state index contributed by atoms with van der Waals surface area (Å²) in [5, 5.41) is 14.6. The topological polar surface area (TPSA) is 232 Å². The van der Waals surface area contributed by atoms with Crippen LogP contribution in [0, 0.1) is 5.82 Å². The molecule has 0 aliphatic carbocycles. The number of hydrogen-bond donors (Lipinski definition) is 6. The molecule has 1 atom stereocenters. The van der Waals surface area contributed by atoms with Gasteiger partial charge in [0.15, 0.2) is 28.8 Å². The minimum absolute atomic E-state index is 0.00582. The van der Waals surface area contributed by atoms with Crippen molar-refractivity contribution < 1.29 is 47.4 Å². The van der Waals surface area contributed by atoms with E-state index in [9.17, 15) is 18.5 Å². The number of benzene rings is 1. The van der Waals surface area contributed by atoms with Gasteiger partial charge in [-0.1, -0.05) is 6.07 Å². The number of aromatic nitrogens is 3. The van der Waals surface area contributed by atoms with Gasteiger partial charge < -0.3 is 40.7 Å². The Morgan fingerprint density at radius 3 is 2.64 bits per heavy atom. The summed E-state index contributed by atoms with van der Waals surface area (Å²) >= 11 is 0. The zero-order chi connectivity index (χ0) is 30.8. The van der Waals surface area contributed by atoms with Crippen molar-refractivity contribution >= 4 is 48.8 Å². The fourth-order valence-corrected chi connectivity index (χ4v) is 4.10. The minimum Gasteiger partial charge on any atom is -0.495 e. The van der Waals surface area contributed by atoms with Crippen LogP contribution in [-0.2, 0) is 25.1 Å². The van der Waals surface area contributed by atoms with Crippen LogP contribution in [0.3, 0.4) is 0 Å². The summed E-state index contributed by atoms with van der Waals surface area (Å²) in [5.41, 5.74) is 5.23. The van der Waals surface area contributed by atoms with E-state index in [4.69, 9.17) is 30.1 Å². The van der Waals surface area contributed by atoms with Gasteiger partial charge in [0.05, 0.1) is 19.0 Å². The second kappa shape index (κ2) is 11.8. The molecule has 0 saturated carbocycles. The van der Waals surface area contributed by atoms with Crippen LogP contribution in [0.2, 0.25) is 0 Å². The van der Waals surface area contributed by atoms with Gasteiger partial charge in [0, 0.05) is 0 Å². The summed E-state index contributed by atoms with van der Waals surface area (Å²) in [5.74, 6) is -2.69. The third-order valence-corrected chi connectivity index (χ3v) is 6.30. The second-order valence-corrected chi connectivity index (χ2v) is 10.7. The Bertz CT molecular complexity index is 1570. The molecule has 4 rings (SSSR count). The molecule has 18 heteroatoms. The number of halogens is 1. The fourth-order valence-electron chi connectivity index (χ4n) is 3.83. The average Bonchev–Trinajstić information content (AvgIpc) is 2.91. The Morgan fingerprint density at radius 2 is 1.98 bits per heavy atom.